The van der Waals surface area contributed by atoms with Crippen LogP contribution in [0.1, 0.15) is 23.7 Å². The fraction of sp³-hybridized carbons (Fsp3) is 0.333. The molecule has 1 N–H and O–H groups in total. The number of hydrogen-bond acceptors (Lipinski definition) is 2. The molecule has 1 aromatic rings. The van der Waals surface area contributed by atoms with Crippen molar-refractivity contribution in [1.29, 1.82) is 0 Å². The Hall–Kier alpha value is -1.43. The highest BCUT2D eigenvalue weighted by molar-refractivity contribution is 9.10. The lowest BCUT2D eigenvalue weighted by molar-refractivity contribution is -0.142. The molecule has 98 valence electrons. The van der Waals surface area contributed by atoms with E-state index in [0.717, 1.165) is 4.90 Å². The summed E-state index contributed by atoms with van der Waals surface area (Å²) in [6.07, 6.45) is 0.282. The number of carbonyl (C=O) groups is 2. The highest BCUT2D eigenvalue weighted by Crippen LogP contribution is 2.22. The Morgan fingerprint density at radius 3 is 2.61 bits per heavy atom. The van der Waals surface area contributed by atoms with Gasteiger partial charge < -0.3 is 10.0 Å². The van der Waals surface area contributed by atoms with Crippen LogP contribution in [0.15, 0.2) is 22.7 Å². The van der Waals surface area contributed by atoms with Gasteiger partial charge in [-0.1, -0.05) is 13.0 Å². The van der Waals surface area contributed by atoms with Gasteiger partial charge in [0.1, 0.15) is 11.9 Å². The lowest BCUT2D eigenvalue weighted by Crippen LogP contribution is -2.42. The van der Waals surface area contributed by atoms with Gasteiger partial charge in [-0.15, -0.1) is 0 Å². The number of carboxylic acids is 1. The quantitative estimate of drug-likeness (QED) is 0.928. The summed E-state index contributed by atoms with van der Waals surface area (Å²) in [5, 5.41) is 8.98. The van der Waals surface area contributed by atoms with Crippen LogP contribution in [0.3, 0.4) is 0 Å². The van der Waals surface area contributed by atoms with Crippen LogP contribution in [0.4, 0.5) is 4.39 Å². The van der Waals surface area contributed by atoms with Crippen molar-refractivity contribution < 1.29 is 19.1 Å². The van der Waals surface area contributed by atoms with E-state index in [1.807, 2.05) is 0 Å². The molecule has 1 atom stereocenters. The predicted octanol–water partition coefficient (Wildman–Crippen LogP) is 2.52. The summed E-state index contributed by atoms with van der Waals surface area (Å²) >= 11 is 2.99. The molecule has 18 heavy (non-hydrogen) atoms. The minimum absolute atomic E-state index is 0.0436. The number of carboxylic acid groups (broad SMARTS) is 1. The van der Waals surface area contributed by atoms with Crippen LogP contribution in [0.2, 0.25) is 0 Å². The number of nitrogens with zero attached hydrogens (tertiary/aromatic N) is 1. The Kier molecular flexibility index (Phi) is 4.84. The van der Waals surface area contributed by atoms with E-state index in [1.165, 1.54) is 25.2 Å². The first-order valence-electron chi connectivity index (χ1n) is 5.34. The topological polar surface area (TPSA) is 57.6 Å². The Morgan fingerprint density at radius 2 is 2.11 bits per heavy atom. The summed E-state index contributed by atoms with van der Waals surface area (Å²) in [6, 6.07) is 3.14. The van der Waals surface area contributed by atoms with E-state index in [9.17, 15) is 14.0 Å². The highest BCUT2D eigenvalue weighted by atomic mass is 79.9. The zero-order chi connectivity index (χ0) is 13.9. The molecular weight excluding hydrogens is 305 g/mol. The number of rotatable bonds is 4. The molecule has 0 fully saturated rings. The van der Waals surface area contributed by atoms with Crippen LogP contribution in [-0.2, 0) is 4.79 Å². The van der Waals surface area contributed by atoms with E-state index in [0.29, 0.717) is 0 Å². The maximum atomic E-state index is 13.3. The first kappa shape index (κ1) is 14.6. The van der Waals surface area contributed by atoms with E-state index in [4.69, 9.17) is 5.11 Å². The first-order valence-corrected chi connectivity index (χ1v) is 6.13. The summed E-state index contributed by atoms with van der Waals surface area (Å²) in [5.74, 6) is -2.17. The van der Waals surface area contributed by atoms with Gasteiger partial charge >= 0.3 is 5.97 Å². The molecule has 0 saturated carbocycles. The van der Waals surface area contributed by atoms with Gasteiger partial charge in [-0.3, -0.25) is 4.79 Å². The van der Waals surface area contributed by atoms with E-state index in [-0.39, 0.29) is 16.5 Å². The number of benzene rings is 1. The van der Waals surface area contributed by atoms with Crippen molar-refractivity contribution in [3.05, 3.63) is 34.1 Å². The molecule has 0 heterocycles. The molecule has 1 amide bonds. The van der Waals surface area contributed by atoms with Gasteiger partial charge in [0.05, 0.1) is 10.0 Å². The maximum absolute atomic E-state index is 13.3. The summed E-state index contributed by atoms with van der Waals surface area (Å²) in [6.45, 7) is 1.67. The fourth-order valence-corrected chi connectivity index (χ4v) is 2.05. The van der Waals surface area contributed by atoms with Crippen LogP contribution in [0, 0.1) is 5.82 Å². The number of halogens is 2. The van der Waals surface area contributed by atoms with Crippen molar-refractivity contribution in [1.82, 2.24) is 4.90 Å². The summed E-state index contributed by atoms with van der Waals surface area (Å²) < 4.78 is 13.4. The van der Waals surface area contributed by atoms with Crippen molar-refractivity contribution >= 4 is 27.8 Å². The van der Waals surface area contributed by atoms with Crippen molar-refractivity contribution in [3.63, 3.8) is 0 Å². The Balaban J connectivity index is 3.07. The molecule has 0 aliphatic rings. The van der Waals surface area contributed by atoms with Crippen molar-refractivity contribution in [2.75, 3.05) is 7.05 Å². The zero-order valence-electron chi connectivity index (χ0n) is 9.98. The molecule has 0 bridgehead atoms. The minimum atomic E-state index is -1.08. The second-order valence-corrected chi connectivity index (χ2v) is 4.57. The number of carbonyl (C=O) groups excluding carboxylic acids is 1. The van der Waals surface area contributed by atoms with Crippen LogP contribution in [0.5, 0.6) is 0 Å². The largest absolute Gasteiger partial charge is 0.480 e. The van der Waals surface area contributed by atoms with Crippen LogP contribution in [0.25, 0.3) is 0 Å². The molecule has 0 radical (unpaired) electrons. The number of amides is 1. The van der Waals surface area contributed by atoms with Gasteiger partial charge in [0.25, 0.3) is 5.91 Å². The van der Waals surface area contributed by atoms with Crippen LogP contribution in [-0.4, -0.2) is 35.0 Å². The normalized spacial score (nSPS) is 12.0. The van der Waals surface area contributed by atoms with E-state index >= 15 is 0 Å². The molecule has 0 aromatic heterocycles. The fourth-order valence-electron chi connectivity index (χ4n) is 1.61. The van der Waals surface area contributed by atoms with Gasteiger partial charge in [-0.2, -0.15) is 0 Å². The summed E-state index contributed by atoms with van der Waals surface area (Å²) in [7, 11) is 1.39. The molecule has 6 heteroatoms. The van der Waals surface area contributed by atoms with Crippen LogP contribution < -0.4 is 0 Å². The summed E-state index contributed by atoms with van der Waals surface area (Å²) in [4.78, 5) is 24.2. The predicted molar refractivity (Wildman–Crippen MR) is 67.9 cm³/mol. The average molecular weight is 318 g/mol. The number of likely N-dealkylation sites (N-methyl/N-ethyl adjacent to an activating group) is 1. The molecule has 1 rings (SSSR count). The highest BCUT2D eigenvalue weighted by Gasteiger charge is 2.27. The maximum Gasteiger partial charge on any atom is 0.326 e. The second kappa shape index (κ2) is 5.95. The zero-order valence-corrected chi connectivity index (χ0v) is 11.6. The monoisotopic (exact) mass is 317 g/mol. The molecule has 0 saturated heterocycles. The smallest absolute Gasteiger partial charge is 0.326 e. The number of aliphatic carboxylic acids is 1. The molecule has 0 aliphatic heterocycles. The SMILES string of the molecule is CCC(C(=O)O)N(C)C(=O)c1cccc(F)c1Br. The second-order valence-electron chi connectivity index (χ2n) is 3.78. The summed E-state index contributed by atoms with van der Waals surface area (Å²) in [5.41, 5.74) is 0.109. The third-order valence-corrected chi connectivity index (χ3v) is 3.45. The van der Waals surface area contributed by atoms with Crippen LogP contribution >= 0.6 is 15.9 Å². The molecule has 4 nitrogen and oxygen atoms in total. The molecular formula is C12H13BrFNO3. The lowest BCUT2D eigenvalue weighted by Gasteiger charge is -2.24. The van der Waals surface area contributed by atoms with E-state index in [2.05, 4.69) is 15.9 Å². The number of hydrogen-bond donors (Lipinski definition) is 1. The van der Waals surface area contributed by atoms with Crippen molar-refractivity contribution in [2.45, 2.75) is 19.4 Å². The van der Waals surface area contributed by atoms with Gasteiger partial charge in [0.15, 0.2) is 0 Å². The Labute approximate surface area is 113 Å². The van der Waals surface area contributed by atoms with Gasteiger partial charge in [-0.25, -0.2) is 9.18 Å². The molecule has 0 aliphatic carbocycles. The van der Waals surface area contributed by atoms with Gasteiger partial charge in [0, 0.05) is 7.05 Å². The molecule has 1 aromatic carbocycles. The average Bonchev–Trinajstić information content (AvgIpc) is 2.32. The Morgan fingerprint density at radius 1 is 1.50 bits per heavy atom. The first-order chi connectivity index (χ1) is 8.40. The van der Waals surface area contributed by atoms with Crippen molar-refractivity contribution in [2.24, 2.45) is 0 Å². The standard InChI is InChI=1S/C12H13BrFNO3/c1-3-9(12(17)18)15(2)11(16)7-5-4-6-8(14)10(7)13/h4-6,9H,3H2,1-2H3,(H,17,18). The third-order valence-electron chi connectivity index (χ3n) is 2.64. The minimum Gasteiger partial charge on any atom is -0.480 e. The van der Waals surface area contributed by atoms with E-state index in [1.54, 1.807) is 6.92 Å². The third kappa shape index (κ3) is 2.87. The molecule has 0 spiro atoms. The van der Waals surface area contributed by atoms with Crippen molar-refractivity contribution in [3.8, 4) is 0 Å². The van der Waals surface area contributed by atoms with Gasteiger partial charge in [0.2, 0.25) is 0 Å². The lowest BCUT2D eigenvalue weighted by atomic mass is 10.1. The van der Waals surface area contributed by atoms with E-state index < -0.39 is 23.7 Å². The van der Waals surface area contributed by atoms with Gasteiger partial charge in [-0.05, 0) is 34.5 Å². The Bertz CT molecular complexity index is 478. The molecule has 1 unspecified atom stereocenters.